The number of aryl methyl sites for hydroxylation is 1. The first-order valence-corrected chi connectivity index (χ1v) is 7.35. The predicted octanol–water partition coefficient (Wildman–Crippen LogP) is 2.47. The van der Waals surface area contributed by atoms with Gasteiger partial charge < -0.3 is 5.32 Å². The third-order valence-corrected chi connectivity index (χ3v) is 4.15. The molecule has 0 heterocycles. The molecule has 1 rings (SSSR count). The van der Waals surface area contributed by atoms with E-state index in [2.05, 4.69) is 5.32 Å². The van der Waals surface area contributed by atoms with E-state index < -0.39 is 15.7 Å². The van der Waals surface area contributed by atoms with Crippen molar-refractivity contribution in [2.45, 2.75) is 25.5 Å². The van der Waals surface area contributed by atoms with E-state index in [1.165, 1.54) is 6.07 Å². The molecule has 1 aromatic rings. The monoisotopic (exact) mass is 270 g/mol. The van der Waals surface area contributed by atoms with Crippen molar-refractivity contribution >= 4 is 22.2 Å². The van der Waals surface area contributed by atoms with E-state index in [0.29, 0.717) is 18.7 Å². The van der Waals surface area contributed by atoms with Crippen LogP contribution < -0.4 is 5.32 Å². The van der Waals surface area contributed by atoms with Crippen molar-refractivity contribution in [3.63, 3.8) is 0 Å². The van der Waals surface area contributed by atoms with Gasteiger partial charge in [-0.25, -0.2) is 0 Å². The number of nitro groups is 1. The van der Waals surface area contributed by atoms with Gasteiger partial charge in [0.25, 0.3) is 5.69 Å². The molecule has 0 bridgehead atoms. The predicted molar refractivity (Wildman–Crippen MR) is 74.5 cm³/mol. The number of anilines is 1. The molecule has 0 saturated heterocycles. The standard InChI is InChI=1S/C12H18N2O3S/c1-9-4-5-12(14(15)16)11(8-9)13-7-6-10(2)18(3)17/h4-5,8,10,13H,6-7H2,1-3H3. The summed E-state index contributed by atoms with van der Waals surface area (Å²) in [4.78, 5) is 10.5. The molecule has 0 spiro atoms. The van der Waals surface area contributed by atoms with Crippen LogP contribution in [0.5, 0.6) is 0 Å². The Morgan fingerprint density at radius 3 is 2.72 bits per heavy atom. The molecule has 0 saturated carbocycles. The summed E-state index contributed by atoms with van der Waals surface area (Å²) in [6.45, 7) is 4.37. The molecule has 0 aliphatic carbocycles. The van der Waals surface area contributed by atoms with Crippen LogP contribution in [0.25, 0.3) is 0 Å². The zero-order valence-electron chi connectivity index (χ0n) is 10.8. The van der Waals surface area contributed by atoms with Crippen LogP contribution in [0.4, 0.5) is 11.4 Å². The van der Waals surface area contributed by atoms with Crippen molar-refractivity contribution in [1.82, 2.24) is 0 Å². The fourth-order valence-corrected chi connectivity index (χ4v) is 1.98. The lowest BCUT2D eigenvalue weighted by Crippen LogP contribution is -2.15. The average Bonchev–Trinajstić information content (AvgIpc) is 2.28. The van der Waals surface area contributed by atoms with E-state index in [0.717, 1.165) is 5.56 Å². The van der Waals surface area contributed by atoms with Crippen LogP contribution in [-0.2, 0) is 10.8 Å². The Kier molecular flexibility index (Phi) is 5.27. The number of hydrogen-bond acceptors (Lipinski definition) is 4. The summed E-state index contributed by atoms with van der Waals surface area (Å²) in [6, 6.07) is 4.97. The van der Waals surface area contributed by atoms with E-state index in [4.69, 9.17) is 0 Å². The number of benzene rings is 1. The highest BCUT2D eigenvalue weighted by molar-refractivity contribution is 7.84. The van der Waals surface area contributed by atoms with Crippen molar-refractivity contribution in [1.29, 1.82) is 0 Å². The minimum absolute atomic E-state index is 0.0749. The maximum absolute atomic E-state index is 11.2. The quantitative estimate of drug-likeness (QED) is 0.636. The molecule has 1 aromatic carbocycles. The highest BCUT2D eigenvalue weighted by atomic mass is 32.2. The molecule has 18 heavy (non-hydrogen) atoms. The molecular weight excluding hydrogens is 252 g/mol. The Morgan fingerprint density at radius 1 is 1.50 bits per heavy atom. The fraction of sp³-hybridized carbons (Fsp3) is 0.500. The molecule has 6 heteroatoms. The van der Waals surface area contributed by atoms with Crippen LogP contribution in [0.15, 0.2) is 18.2 Å². The van der Waals surface area contributed by atoms with Crippen molar-refractivity contribution in [2.24, 2.45) is 0 Å². The van der Waals surface area contributed by atoms with Crippen LogP contribution >= 0.6 is 0 Å². The first-order valence-electron chi connectivity index (χ1n) is 5.73. The Hall–Kier alpha value is -1.43. The lowest BCUT2D eigenvalue weighted by atomic mass is 10.2. The van der Waals surface area contributed by atoms with Crippen LogP contribution in [0.1, 0.15) is 18.9 Å². The van der Waals surface area contributed by atoms with Gasteiger partial charge in [-0.3, -0.25) is 14.3 Å². The lowest BCUT2D eigenvalue weighted by Gasteiger charge is -2.11. The van der Waals surface area contributed by atoms with Gasteiger partial charge in [0, 0.05) is 34.9 Å². The second-order valence-corrected chi connectivity index (χ2v) is 6.10. The fourth-order valence-electron chi connectivity index (χ4n) is 1.53. The lowest BCUT2D eigenvalue weighted by molar-refractivity contribution is -0.384. The largest absolute Gasteiger partial charge is 0.379 e. The van der Waals surface area contributed by atoms with Crippen molar-refractivity contribution in [3.8, 4) is 0 Å². The molecule has 0 amide bonds. The van der Waals surface area contributed by atoms with Gasteiger partial charge in [-0.15, -0.1) is 0 Å². The Labute approximate surface area is 109 Å². The Balaban J connectivity index is 2.69. The molecule has 1 N–H and O–H groups in total. The zero-order chi connectivity index (χ0) is 13.7. The maximum Gasteiger partial charge on any atom is 0.292 e. The first kappa shape index (κ1) is 14.6. The Bertz CT molecular complexity index is 463. The number of nitrogens with zero attached hydrogens (tertiary/aromatic N) is 1. The van der Waals surface area contributed by atoms with E-state index in [-0.39, 0.29) is 10.9 Å². The average molecular weight is 270 g/mol. The van der Waals surface area contributed by atoms with Gasteiger partial charge in [-0.1, -0.05) is 13.0 Å². The van der Waals surface area contributed by atoms with Gasteiger partial charge in [-0.2, -0.15) is 0 Å². The van der Waals surface area contributed by atoms with Gasteiger partial charge in [0.1, 0.15) is 5.69 Å². The highest BCUT2D eigenvalue weighted by Gasteiger charge is 2.13. The van der Waals surface area contributed by atoms with E-state index in [9.17, 15) is 14.3 Å². The third-order valence-electron chi connectivity index (χ3n) is 2.78. The Morgan fingerprint density at radius 2 is 2.17 bits per heavy atom. The highest BCUT2D eigenvalue weighted by Crippen LogP contribution is 2.25. The minimum atomic E-state index is -0.861. The van der Waals surface area contributed by atoms with Crippen molar-refractivity contribution < 1.29 is 9.13 Å². The maximum atomic E-state index is 11.2. The summed E-state index contributed by atoms with van der Waals surface area (Å²) >= 11 is 0. The summed E-state index contributed by atoms with van der Waals surface area (Å²) in [7, 11) is -0.861. The molecule has 0 aliphatic rings. The van der Waals surface area contributed by atoms with Crippen molar-refractivity contribution in [3.05, 3.63) is 33.9 Å². The molecule has 0 aliphatic heterocycles. The minimum Gasteiger partial charge on any atom is -0.379 e. The van der Waals surface area contributed by atoms with Gasteiger partial charge in [0.05, 0.1) is 4.92 Å². The number of hydrogen-bond donors (Lipinski definition) is 1. The number of nitrogens with one attached hydrogen (secondary N) is 1. The summed E-state index contributed by atoms with van der Waals surface area (Å²) in [5.74, 6) is 0. The van der Waals surface area contributed by atoms with Gasteiger partial charge in [-0.05, 0) is 25.0 Å². The molecule has 2 atom stereocenters. The van der Waals surface area contributed by atoms with E-state index in [1.54, 1.807) is 18.4 Å². The van der Waals surface area contributed by atoms with Gasteiger partial charge in [0.15, 0.2) is 0 Å². The van der Waals surface area contributed by atoms with Gasteiger partial charge in [0.2, 0.25) is 0 Å². The number of rotatable bonds is 6. The van der Waals surface area contributed by atoms with E-state index >= 15 is 0 Å². The second-order valence-electron chi connectivity index (χ2n) is 4.30. The summed E-state index contributed by atoms with van der Waals surface area (Å²) in [5, 5.41) is 14.0. The normalized spacial score (nSPS) is 13.9. The smallest absolute Gasteiger partial charge is 0.292 e. The first-order chi connectivity index (χ1) is 8.41. The molecule has 5 nitrogen and oxygen atoms in total. The summed E-state index contributed by atoms with van der Waals surface area (Å²) < 4.78 is 11.2. The van der Waals surface area contributed by atoms with E-state index in [1.807, 2.05) is 13.8 Å². The van der Waals surface area contributed by atoms with Crippen LogP contribution in [0, 0.1) is 17.0 Å². The molecule has 2 unspecified atom stereocenters. The van der Waals surface area contributed by atoms with Gasteiger partial charge >= 0.3 is 0 Å². The van der Waals surface area contributed by atoms with Crippen LogP contribution in [0.3, 0.4) is 0 Å². The molecule has 0 fully saturated rings. The molecular formula is C12H18N2O3S. The van der Waals surface area contributed by atoms with Crippen LogP contribution in [-0.4, -0.2) is 27.2 Å². The molecule has 0 aromatic heterocycles. The molecule has 0 radical (unpaired) electrons. The SMILES string of the molecule is Cc1ccc([N+](=O)[O-])c(NCCC(C)S(C)=O)c1. The number of nitro benzene ring substituents is 1. The second kappa shape index (κ2) is 6.49. The topological polar surface area (TPSA) is 72.2 Å². The third kappa shape index (κ3) is 4.10. The van der Waals surface area contributed by atoms with Crippen molar-refractivity contribution in [2.75, 3.05) is 18.1 Å². The molecule has 100 valence electrons. The zero-order valence-corrected chi connectivity index (χ0v) is 11.6. The van der Waals surface area contributed by atoms with Crippen LogP contribution in [0.2, 0.25) is 0 Å². The summed E-state index contributed by atoms with van der Waals surface area (Å²) in [5.41, 5.74) is 1.56. The summed E-state index contributed by atoms with van der Waals surface area (Å²) in [6.07, 6.45) is 2.38.